The van der Waals surface area contributed by atoms with Gasteiger partial charge in [0.25, 0.3) is 0 Å². The molecule has 0 fully saturated rings. The van der Waals surface area contributed by atoms with Gasteiger partial charge in [0.15, 0.2) is 0 Å². The summed E-state index contributed by atoms with van der Waals surface area (Å²) in [5.74, 6) is -0.194. The maximum absolute atomic E-state index is 13.0. The number of fused-ring (bicyclic) bond motifs is 1. The average Bonchev–Trinajstić information content (AvgIpc) is 2.67. The van der Waals surface area contributed by atoms with Crippen LogP contribution in [0.15, 0.2) is 30.6 Å². The van der Waals surface area contributed by atoms with E-state index in [1.807, 2.05) is 12.3 Å². The molecule has 0 aromatic carbocycles. The predicted octanol–water partition coefficient (Wildman–Crippen LogP) is 2.10. The second-order valence-corrected chi connectivity index (χ2v) is 4.17. The number of aromatic nitrogens is 1. The van der Waals surface area contributed by atoms with E-state index in [0.29, 0.717) is 6.54 Å². The van der Waals surface area contributed by atoms with Crippen molar-refractivity contribution in [2.24, 2.45) is 0 Å². The molecule has 90 valence electrons. The standard InChI is InChI=1S/C13H15FN2O/c1-10(17)15(2)7-5-11-6-8-16-9-12(14)3-4-13(11)16/h3-4,6,8-9H,5,7H2,1-2H3. The fraction of sp³-hybridized carbons (Fsp3) is 0.308. The third-order valence-electron chi connectivity index (χ3n) is 2.96. The van der Waals surface area contributed by atoms with Crippen LogP contribution in [0, 0.1) is 5.82 Å². The molecule has 2 rings (SSSR count). The van der Waals surface area contributed by atoms with E-state index < -0.39 is 0 Å². The zero-order valence-electron chi connectivity index (χ0n) is 9.98. The smallest absolute Gasteiger partial charge is 0.219 e. The molecule has 3 nitrogen and oxygen atoms in total. The molecule has 0 N–H and O–H groups in total. The highest BCUT2D eigenvalue weighted by molar-refractivity contribution is 5.72. The maximum atomic E-state index is 13.0. The molecule has 0 spiro atoms. The molecule has 0 aliphatic rings. The first-order chi connectivity index (χ1) is 8.08. The fourth-order valence-electron chi connectivity index (χ4n) is 1.80. The lowest BCUT2D eigenvalue weighted by Gasteiger charge is -2.13. The summed E-state index contributed by atoms with van der Waals surface area (Å²) in [6, 6.07) is 5.18. The van der Waals surface area contributed by atoms with Crippen LogP contribution in [0.4, 0.5) is 4.39 Å². The van der Waals surface area contributed by atoms with E-state index in [1.54, 1.807) is 29.3 Å². The van der Waals surface area contributed by atoms with E-state index in [0.717, 1.165) is 17.5 Å². The molecule has 0 aliphatic carbocycles. The van der Waals surface area contributed by atoms with Crippen molar-refractivity contribution in [1.29, 1.82) is 0 Å². The van der Waals surface area contributed by atoms with Crippen LogP contribution in [0.2, 0.25) is 0 Å². The number of likely N-dealkylation sites (N-methyl/N-ethyl adjacent to an activating group) is 1. The van der Waals surface area contributed by atoms with Crippen LogP contribution in [-0.4, -0.2) is 28.8 Å². The Bertz CT molecular complexity index is 547. The minimum atomic E-state index is -0.250. The van der Waals surface area contributed by atoms with Gasteiger partial charge in [-0.15, -0.1) is 0 Å². The zero-order chi connectivity index (χ0) is 12.4. The Morgan fingerprint density at radius 3 is 2.88 bits per heavy atom. The quantitative estimate of drug-likeness (QED) is 0.798. The first-order valence-corrected chi connectivity index (χ1v) is 5.55. The predicted molar refractivity (Wildman–Crippen MR) is 64.4 cm³/mol. The van der Waals surface area contributed by atoms with E-state index in [4.69, 9.17) is 0 Å². The van der Waals surface area contributed by atoms with Gasteiger partial charge in [0.1, 0.15) is 5.82 Å². The van der Waals surface area contributed by atoms with Crippen molar-refractivity contribution < 1.29 is 9.18 Å². The number of carbonyl (C=O) groups excluding carboxylic acids is 1. The number of amides is 1. The average molecular weight is 234 g/mol. The minimum Gasteiger partial charge on any atom is -0.346 e. The molecule has 2 aromatic rings. The lowest BCUT2D eigenvalue weighted by Crippen LogP contribution is -2.26. The maximum Gasteiger partial charge on any atom is 0.219 e. The molecule has 17 heavy (non-hydrogen) atoms. The Hall–Kier alpha value is -1.84. The Labute approximate surface area is 99.5 Å². The Kier molecular flexibility index (Phi) is 3.13. The second kappa shape index (κ2) is 4.57. The molecule has 4 heteroatoms. The van der Waals surface area contributed by atoms with Gasteiger partial charge in [-0.05, 0) is 30.2 Å². The number of carbonyl (C=O) groups is 1. The number of halogens is 1. The fourth-order valence-corrected chi connectivity index (χ4v) is 1.80. The van der Waals surface area contributed by atoms with E-state index in [-0.39, 0.29) is 11.7 Å². The molecule has 0 saturated carbocycles. The van der Waals surface area contributed by atoms with E-state index in [9.17, 15) is 9.18 Å². The Balaban J connectivity index is 2.17. The lowest BCUT2D eigenvalue weighted by atomic mass is 10.2. The first kappa shape index (κ1) is 11.6. The van der Waals surface area contributed by atoms with Crippen molar-refractivity contribution in [1.82, 2.24) is 9.30 Å². The van der Waals surface area contributed by atoms with Gasteiger partial charge < -0.3 is 9.30 Å². The van der Waals surface area contributed by atoms with E-state index >= 15 is 0 Å². The summed E-state index contributed by atoms with van der Waals surface area (Å²) in [5.41, 5.74) is 2.11. The largest absolute Gasteiger partial charge is 0.346 e. The SMILES string of the molecule is CC(=O)N(C)CCc1ccn2cc(F)ccc12. The number of pyridine rings is 1. The second-order valence-electron chi connectivity index (χ2n) is 4.17. The Morgan fingerprint density at radius 1 is 1.41 bits per heavy atom. The first-order valence-electron chi connectivity index (χ1n) is 5.55. The van der Waals surface area contributed by atoms with Crippen LogP contribution in [0.5, 0.6) is 0 Å². The van der Waals surface area contributed by atoms with Crippen molar-refractivity contribution in [3.8, 4) is 0 Å². The zero-order valence-corrected chi connectivity index (χ0v) is 9.98. The Morgan fingerprint density at radius 2 is 2.18 bits per heavy atom. The van der Waals surface area contributed by atoms with Gasteiger partial charge in [0, 0.05) is 38.4 Å². The summed E-state index contributed by atoms with van der Waals surface area (Å²) in [6.07, 6.45) is 4.06. The minimum absolute atomic E-state index is 0.0551. The summed E-state index contributed by atoms with van der Waals surface area (Å²) >= 11 is 0. The van der Waals surface area contributed by atoms with Crippen LogP contribution in [0.1, 0.15) is 12.5 Å². The van der Waals surface area contributed by atoms with Gasteiger partial charge in [-0.3, -0.25) is 4.79 Å². The molecular formula is C13H15FN2O. The number of hydrogen-bond acceptors (Lipinski definition) is 1. The molecular weight excluding hydrogens is 219 g/mol. The molecule has 1 amide bonds. The van der Waals surface area contributed by atoms with Crippen molar-refractivity contribution in [2.75, 3.05) is 13.6 Å². The lowest BCUT2D eigenvalue weighted by molar-refractivity contribution is -0.127. The topological polar surface area (TPSA) is 24.7 Å². The third-order valence-corrected chi connectivity index (χ3v) is 2.96. The van der Waals surface area contributed by atoms with Crippen molar-refractivity contribution in [3.05, 3.63) is 42.0 Å². The van der Waals surface area contributed by atoms with Crippen molar-refractivity contribution in [2.45, 2.75) is 13.3 Å². The van der Waals surface area contributed by atoms with Crippen LogP contribution in [0.25, 0.3) is 5.52 Å². The summed E-state index contributed by atoms with van der Waals surface area (Å²) < 4.78 is 14.8. The molecule has 2 aromatic heterocycles. The highest BCUT2D eigenvalue weighted by Gasteiger charge is 2.06. The normalized spacial score (nSPS) is 10.8. The molecule has 0 unspecified atom stereocenters. The van der Waals surface area contributed by atoms with Gasteiger partial charge in [0.05, 0.1) is 0 Å². The summed E-state index contributed by atoms with van der Waals surface area (Å²) in [6.45, 7) is 2.22. The van der Waals surface area contributed by atoms with Crippen LogP contribution in [0.3, 0.4) is 0 Å². The number of rotatable bonds is 3. The van der Waals surface area contributed by atoms with Crippen molar-refractivity contribution in [3.63, 3.8) is 0 Å². The van der Waals surface area contributed by atoms with Crippen molar-refractivity contribution >= 4 is 11.4 Å². The summed E-state index contributed by atoms with van der Waals surface area (Å²) in [4.78, 5) is 12.8. The highest BCUT2D eigenvalue weighted by Crippen LogP contribution is 2.14. The molecule has 0 aliphatic heterocycles. The monoisotopic (exact) mass is 234 g/mol. The molecule has 0 radical (unpaired) electrons. The third kappa shape index (κ3) is 2.46. The van der Waals surface area contributed by atoms with Crippen LogP contribution >= 0.6 is 0 Å². The van der Waals surface area contributed by atoms with Gasteiger partial charge in [-0.1, -0.05) is 0 Å². The highest BCUT2D eigenvalue weighted by atomic mass is 19.1. The molecule has 0 atom stereocenters. The van der Waals surface area contributed by atoms with Crippen LogP contribution in [-0.2, 0) is 11.2 Å². The molecule has 2 heterocycles. The number of nitrogens with zero attached hydrogens (tertiary/aromatic N) is 2. The molecule has 0 bridgehead atoms. The van der Waals surface area contributed by atoms with Gasteiger partial charge in [0.2, 0.25) is 5.91 Å². The van der Waals surface area contributed by atoms with E-state index in [1.165, 1.54) is 12.3 Å². The van der Waals surface area contributed by atoms with Gasteiger partial charge in [-0.25, -0.2) is 4.39 Å². The van der Waals surface area contributed by atoms with Gasteiger partial charge in [-0.2, -0.15) is 0 Å². The van der Waals surface area contributed by atoms with Crippen LogP contribution < -0.4 is 0 Å². The van der Waals surface area contributed by atoms with Gasteiger partial charge >= 0.3 is 0 Å². The number of hydrogen-bond donors (Lipinski definition) is 0. The molecule has 0 saturated heterocycles. The summed E-state index contributed by atoms with van der Waals surface area (Å²) in [7, 11) is 1.78. The summed E-state index contributed by atoms with van der Waals surface area (Å²) in [5, 5.41) is 0. The van der Waals surface area contributed by atoms with E-state index in [2.05, 4.69) is 0 Å².